The zero-order valence-electron chi connectivity index (χ0n) is 5.14. The van der Waals surface area contributed by atoms with E-state index in [-0.39, 0.29) is 5.56 Å². The molecule has 1 aromatic carbocycles. The summed E-state index contributed by atoms with van der Waals surface area (Å²) in [5.74, 6) is 0. The van der Waals surface area contributed by atoms with Crippen molar-refractivity contribution >= 4 is 0 Å². The predicted molar refractivity (Wildman–Crippen MR) is 33.4 cm³/mol. The first-order valence-corrected chi connectivity index (χ1v) is 2.74. The normalized spacial score (nSPS) is 11.5. The average Bonchev–Trinajstić information content (AvgIpc) is 1.88. The number of benzene rings is 1. The van der Waals surface area contributed by atoms with Gasteiger partial charge >= 0.3 is 6.05 Å². The molecule has 0 saturated heterocycles. The predicted octanol–water partition coefficient (Wildman–Crippen LogP) is 1.49. The van der Waals surface area contributed by atoms with Gasteiger partial charge in [0, 0.05) is 5.56 Å². The standard InChI is InChI=1S/C7H6F2N/c8-7(9,10)6-4-2-1-3-5-6/h1-4H,10H2. The van der Waals surface area contributed by atoms with Gasteiger partial charge < -0.3 is 0 Å². The molecule has 1 nitrogen and oxygen atoms in total. The highest BCUT2D eigenvalue weighted by Crippen LogP contribution is 2.19. The van der Waals surface area contributed by atoms with Gasteiger partial charge in [0.1, 0.15) is 0 Å². The molecule has 1 rings (SSSR count). The second kappa shape index (κ2) is 2.34. The number of hydrogen-bond donors (Lipinski definition) is 1. The van der Waals surface area contributed by atoms with Gasteiger partial charge in [-0.1, -0.05) is 24.3 Å². The van der Waals surface area contributed by atoms with Crippen LogP contribution in [0, 0.1) is 6.07 Å². The topological polar surface area (TPSA) is 26.0 Å². The number of alkyl halides is 2. The minimum Gasteiger partial charge on any atom is -0.268 e. The first kappa shape index (κ1) is 7.15. The van der Waals surface area contributed by atoms with E-state index in [1.807, 2.05) is 0 Å². The Morgan fingerprint density at radius 2 is 2.10 bits per heavy atom. The van der Waals surface area contributed by atoms with Crippen LogP contribution < -0.4 is 5.73 Å². The van der Waals surface area contributed by atoms with Crippen molar-refractivity contribution in [2.75, 3.05) is 0 Å². The summed E-state index contributed by atoms with van der Waals surface area (Å²) in [6, 6.07) is 4.80. The van der Waals surface area contributed by atoms with E-state index in [0.717, 1.165) is 0 Å². The molecule has 0 aliphatic carbocycles. The molecule has 2 N–H and O–H groups in total. The Hall–Kier alpha value is -0.960. The molecule has 3 heteroatoms. The third kappa shape index (κ3) is 1.51. The van der Waals surface area contributed by atoms with E-state index in [2.05, 4.69) is 11.8 Å². The summed E-state index contributed by atoms with van der Waals surface area (Å²) in [6.07, 6.45) is 0. The van der Waals surface area contributed by atoms with Crippen molar-refractivity contribution < 1.29 is 8.78 Å². The molecule has 0 spiro atoms. The van der Waals surface area contributed by atoms with Crippen LogP contribution in [0.5, 0.6) is 0 Å². The Labute approximate surface area is 57.5 Å². The van der Waals surface area contributed by atoms with E-state index in [1.165, 1.54) is 18.2 Å². The fourth-order valence-electron chi connectivity index (χ4n) is 0.601. The highest BCUT2D eigenvalue weighted by Gasteiger charge is 2.24. The van der Waals surface area contributed by atoms with E-state index in [9.17, 15) is 8.78 Å². The molecule has 10 heavy (non-hydrogen) atoms. The Balaban J connectivity index is 2.97. The van der Waals surface area contributed by atoms with Gasteiger partial charge in [-0.15, -0.1) is 0 Å². The molecule has 0 aromatic heterocycles. The lowest BCUT2D eigenvalue weighted by molar-refractivity contribution is 0.00271. The second-order valence-electron chi connectivity index (χ2n) is 1.90. The summed E-state index contributed by atoms with van der Waals surface area (Å²) in [4.78, 5) is 0. The number of halogens is 2. The highest BCUT2D eigenvalue weighted by atomic mass is 19.3. The fourth-order valence-corrected chi connectivity index (χ4v) is 0.601. The molecule has 0 atom stereocenters. The van der Waals surface area contributed by atoms with E-state index in [1.54, 1.807) is 6.07 Å². The van der Waals surface area contributed by atoms with Gasteiger partial charge in [-0.3, -0.25) is 5.73 Å². The van der Waals surface area contributed by atoms with Crippen LogP contribution in [0.2, 0.25) is 0 Å². The van der Waals surface area contributed by atoms with E-state index in [0.29, 0.717) is 0 Å². The summed E-state index contributed by atoms with van der Waals surface area (Å²) >= 11 is 0. The van der Waals surface area contributed by atoms with Crippen molar-refractivity contribution in [1.29, 1.82) is 0 Å². The zero-order valence-corrected chi connectivity index (χ0v) is 5.14. The van der Waals surface area contributed by atoms with Crippen LogP contribution in [0.1, 0.15) is 5.56 Å². The second-order valence-corrected chi connectivity index (χ2v) is 1.90. The van der Waals surface area contributed by atoms with Gasteiger partial charge in [0.15, 0.2) is 0 Å². The summed E-state index contributed by atoms with van der Waals surface area (Å²) in [6.45, 7) is 0. The Bertz CT molecular complexity index is 203. The van der Waals surface area contributed by atoms with Crippen LogP contribution >= 0.6 is 0 Å². The highest BCUT2D eigenvalue weighted by molar-refractivity contribution is 5.16. The van der Waals surface area contributed by atoms with Crippen LogP contribution in [-0.2, 0) is 6.05 Å². The zero-order chi connectivity index (χ0) is 7.61. The lowest BCUT2D eigenvalue weighted by Crippen LogP contribution is -2.24. The lowest BCUT2D eigenvalue weighted by atomic mass is 10.2. The van der Waals surface area contributed by atoms with Crippen LogP contribution in [0.3, 0.4) is 0 Å². The van der Waals surface area contributed by atoms with Gasteiger partial charge in [0.2, 0.25) is 0 Å². The largest absolute Gasteiger partial charge is 0.327 e. The summed E-state index contributed by atoms with van der Waals surface area (Å²) < 4.78 is 24.4. The Kier molecular flexibility index (Phi) is 1.68. The Morgan fingerprint density at radius 3 is 2.40 bits per heavy atom. The molecule has 0 aliphatic rings. The Morgan fingerprint density at radius 1 is 1.40 bits per heavy atom. The molecule has 0 bridgehead atoms. The first-order chi connectivity index (χ1) is 4.61. The van der Waals surface area contributed by atoms with E-state index < -0.39 is 6.05 Å². The minimum atomic E-state index is -3.26. The molecule has 53 valence electrons. The average molecular weight is 142 g/mol. The molecule has 0 fully saturated rings. The fraction of sp³-hybridized carbons (Fsp3) is 0.143. The van der Waals surface area contributed by atoms with Crippen molar-refractivity contribution in [2.45, 2.75) is 6.05 Å². The molecule has 0 saturated carbocycles. The van der Waals surface area contributed by atoms with Gasteiger partial charge in [0.05, 0.1) is 0 Å². The summed E-state index contributed by atoms with van der Waals surface area (Å²) in [5, 5.41) is 0. The monoisotopic (exact) mass is 142 g/mol. The van der Waals surface area contributed by atoms with Gasteiger partial charge in [-0.25, -0.2) is 0 Å². The van der Waals surface area contributed by atoms with Gasteiger partial charge in [-0.2, -0.15) is 8.78 Å². The molecule has 1 aromatic rings. The maximum atomic E-state index is 12.2. The summed E-state index contributed by atoms with van der Waals surface area (Å²) in [7, 11) is 0. The molecule has 0 aliphatic heterocycles. The van der Waals surface area contributed by atoms with Crippen LogP contribution in [0.4, 0.5) is 8.78 Å². The lowest BCUT2D eigenvalue weighted by Gasteiger charge is -2.07. The minimum absolute atomic E-state index is 0.282. The quantitative estimate of drug-likeness (QED) is 0.591. The van der Waals surface area contributed by atoms with Crippen molar-refractivity contribution in [3.8, 4) is 0 Å². The first-order valence-electron chi connectivity index (χ1n) is 2.74. The van der Waals surface area contributed by atoms with Crippen LogP contribution in [0.25, 0.3) is 0 Å². The SMILES string of the molecule is NC(F)(F)c1[c]cccc1. The van der Waals surface area contributed by atoms with Crippen LogP contribution in [-0.4, -0.2) is 0 Å². The number of hydrogen-bond acceptors (Lipinski definition) is 1. The van der Waals surface area contributed by atoms with E-state index >= 15 is 0 Å². The molecular formula is C7H6F2N. The molecular weight excluding hydrogens is 136 g/mol. The van der Waals surface area contributed by atoms with Gasteiger partial charge in [-0.05, 0) is 6.07 Å². The van der Waals surface area contributed by atoms with Crippen LogP contribution in [0.15, 0.2) is 24.3 Å². The van der Waals surface area contributed by atoms with Crippen molar-refractivity contribution in [2.24, 2.45) is 5.73 Å². The maximum Gasteiger partial charge on any atom is 0.327 e. The molecule has 1 radical (unpaired) electrons. The van der Waals surface area contributed by atoms with E-state index in [4.69, 9.17) is 0 Å². The smallest absolute Gasteiger partial charge is 0.268 e. The third-order valence-corrected chi connectivity index (χ3v) is 1.07. The maximum absolute atomic E-state index is 12.2. The molecule has 0 heterocycles. The number of rotatable bonds is 1. The third-order valence-electron chi connectivity index (χ3n) is 1.07. The van der Waals surface area contributed by atoms with Crippen molar-refractivity contribution in [3.05, 3.63) is 35.9 Å². The number of nitrogens with two attached hydrogens (primary N) is 1. The van der Waals surface area contributed by atoms with Gasteiger partial charge in [0.25, 0.3) is 0 Å². The van der Waals surface area contributed by atoms with Crippen molar-refractivity contribution in [1.82, 2.24) is 0 Å². The molecule has 0 amide bonds. The molecule has 0 unspecified atom stereocenters. The van der Waals surface area contributed by atoms with Crippen molar-refractivity contribution in [3.63, 3.8) is 0 Å². The summed E-state index contributed by atoms with van der Waals surface area (Å²) in [5.41, 5.74) is 4.21.